The highest BCUT2D eigenvalue weighted by Crippen LogP contribution is 2.25. The van der Waals surface area contributed by atoms with Crippen molar-refractivity contribution in [3.63, 3.8) is 0 Å². The molecule has 12 heteroatoms. The van der Waals surface area contributed by atoms with E-state index in [-0.39, 0.29) is 28.4 Å². The number of rotatable bonds is 8. The second-order valence-corrected chi connectivity index (χ2v) is 6.06. The molecular formula is C17H15ClN4O7. The van der Waals surface area contributed by atoms with Crippen LogP contribution in [-0.2, 0) is 4.74 Å². The van der Waals surface area contributed by atoms with Gasteiger partial charge in [0.25, 0.3) is 23.2 Å². The molecule has 0 aromatic heterocycles. The summed E-state index contributed by atoms with van der Waals surface area (Å²) < 4.78 is 4.83. The number of hydrogen-bond acceptors (Lipinski definition) is 7. The van der Waals surface area contributed by atoms with E-state index >= 15 is 0 Å². The third-order valence-electron chi connectivity index (χ3n) is 3.65. The first kappa shape index (κ1) is 21.7. The number of nitro groups is 2. The van der Waals surface area contributed by atoms with Crippen LogP contribution < -0.4 is 10.6 Å². The molecule has 152 valence electrons. The lowest BCUT2D eigenvalue weighted by Crippen LogP contribution is -2.27. The summed E-state index contributed by atoms with van der Waals surface area (Å²) in [5.41, 5.74) is -1.09. The largest absolute Gasteiger partial charge is 0.383 e. The summed E-state index contributed by atoms with van der Waals surface area (Å²) in [4.78, 5) is 44.6. The smallest absolute Gasteiger partial charge is 0.277 e. The molecule has 0 fully saturated rings. The molecule has 2 rings (SSSR count). The summed E-state index contributed by atoms with van der Waals surface area (Å²) in [6.45, 7) is 0.614. The molecule has 0 unspecified atom stereocenters. The number of anilines is 1. The van der Waals surface area contributed by atoms with Crippen molar-refractivity contribution in [2.24, 2.45) is 0 Å². The molecule has 0 radical (unpaired) electrons. The maximum atomic E-state index is 12.4. The third kappa shape index (κ3) is 5.70. The minimum absolute atomic E-state index is 0.0581. The second kappa shape index (κ2) is 9.57. The van der Waals surface area contributed by atoms with E-state index < -0.39 is 33.0 Å². The van der Waals surface area contributed by atoms with Crippen LogP contribution in [0.5, 0.6) is 0 Å². The SMILES string of the molecule is COCCNC(=O)c1ccc(NC(=O)c2cc([N+](=O)[O-])cc([N+](=O)[O-])c2)cc1Cl. The Morgan fingerprint density at radius 1 is 1.03 bits per heavy atom. The first-order chi connectivity index (χ1) is 13.7. The highest BCUT2D eigenvalue weighted by molar-refractivity contribution is 6.34. The fraction of sp³-hybridized carbons (Fsp3) is 0.176. The van der Waals surface area contributed by atoms with Crippen molar-refractivity contribution in [3.05, 3.63) is 72.8 Å². The highest BCUT2D eigenvalue weighted by atomic mass is 35.5. The van der Waals surface area contributed by atoms with Crippen molar-refractivity contribution in [2.75, 3.05) is 25.6 Å². The Labute approximate surface area is 168 Å². The molecular weight excluding hydrogens is 408 g/mol. The lowest BCUT2D eigenvalue weighted by molar-refractivity contribution is -0.394. The topological polar surface area (TPSA) is 154 Å². The van der Waals surface area contributed by atoms with Crippen molar-refractivity contribution in [3.8, 4) is 0 Å². The van der Waals surface area contributed by atoms with Gasteiger partial charge in [-0.2, -0.15) is 0 Å². The quantitative estimate of drug-likeness (QED) is 0.376. The average Bonchev–Trinajstić information content (AvgIpc) is 2.67. The van der Waals surface area contributed by atoms with Crippen molar-refractivity contribution < 1.29 is 24.2 Å². The van der Waals surface area contributed by atoms with Crippen molar-refractivity contribution in [1.82, 2.24) is 5.32 Å². The number of nitrogens with zero attached hydrogens (tertiary/aromatic N) is 2. The number of nitrogens with one attached hydrogen (secondary N) is 2. The van der Waals surface area contributed by atoms with Gasteiger partial charge in [-0.25, -0.2) is 0 Å². The Kier molecular flexibility index (Phi) is 7.17. The van der Waals surface area contributed by atoms with Crippen molar-refractivity contribution in [1.29, 1.82) is 0 Å². The van der Waals surface area contributed by atoms with Crippen LogP contribution in [0.15, 0.2) is 36.4 Å². The fourth-order valence-corrected chi connectivity index (χ4v) is 2.55. The van der Waals surface area contributed by atoms with E-state index in [9.17, 15) is 29.8 Å². The van der Waals surface area contributed by atoms with Crippen molar-refractivity contribution in [2.45, 2.75) is 0 Å². The summed E-state index contributed by atoms with van der Waals surface area (Å²) in [6.07, 6.45) is 0. The van der Waals surface area contributed by atoms with E-state index in [0.717, 1.165) is 18.2 Å². The number of methoxy groups -OCH3 is 1. The molecule has 0 atom stereocenters. The lowest BCUT2D eigenvalue weighted by atomic mass is 10.1. The zero-order valence-corrected chi connectivity index (χ0v) is 15.8. The molecule has 2 aromatic rings. The molecule has 2 aromatic carbocycles. The zero-order chi connectivity index (χ0) is 21.6. The Bertz CT molecular complexity index is 948. The maximum Gasteiger partial charge on any atom is 0.277 e. The molecule has 0 aliphatic rings. The number of nitro benzene ring substituents is 2. The number of halogens is 1. The minimum atomic E-state index is -0.836. The predicted molar refractivity (Wildman–Crippen MR) is 103 cm³/mol. The highest BCUT2D eigenvalue weighted by Gasteiger charge is 2.20. The molecule has 0 aliphatic carbocycles. The van der Waals surface area contributed by atoms with Crippen LogP contribution in [0.3, 0.4) is 0 Å². The van der Waals surface area contributed by atoms with Gasteiger partial charge in [-0.15, -0.1) is 0 Å². The first-order valence-corrected chi connectivity index (χ1v) is 8.42. The molecule has 2 N–H and O–H groups in total. The van der Waals surface area contributed by atoms with Crippen LogP contribution in [0.4, 0.5) is 17.1 Å². The predicted octanol–water partition coefficient (Wildman–Crippen LogP) is 2.78. The Morgan fingerprint density at radius 2 is 1.66 bits per heavy atom. The van der Waals surface area contributed by atoms with Gasteiger partial charge in [-0.05, 0) is 18.2 Å². The van der Waals surface area contributed by atoms with Crippen LogP contribution in [0.2, 0.25) is 5.02 Å². The molecule has 0 aliphatic heterocycles. The minimum Gasteiger partial charge on any atom is -0.383 e. The Hall–Kier alpha value is -3.57. The van der Waals surface area contributed by atoms with E-state index in [4.69, 9.17) is 16.3 Å². The zero-order valence-electron chi connectivity index (χ0n) is 15.0. The standard InChI is InChI=1S/C17H15ClN4O7/c1-29-5-4-19-17(24)14-3-2-11(8-15(14)18)20-16(23)10-6-12(21(25)26)9-13(7-10)22(27)28/h2-3,6-9H,4-5H2,1H3,(H,19,24)(H,20,23). The number of hydrogen-bond donors (Lipinski definition) is 2. The number of non-ortho nitro benzene ring substituents is 2. The van der Waals surface area contributed by atoms with Gasteiger partial charge < -0.3 is 15.4 Å². The molecule has 11 nitrogen and oxygen atoms in total. The van der Waals surface area contributed by atoms with Gasteiger partial charge in [0, 0.05) is 31.5 Å². The Balaban J connectivity index is 2.21. The van der Waals surface area contributed by atoms with Crippen LogP contribution in [0, 0.1) is 20.2 Å². The fourth-order valence-electron chi connectivity index (χ4n) is 2.28. The molecule has 0 bridgehead atoms. The van der Waals surface area contributed by atoms with E-state index in [2.05, 4.69) is 10.6 Å². The maximum absolute atomic E-state index is 12.4. The number of ether oxygens (including phenoxy) is 1. The van der Waals surface area contributed by atoms with Crippen LogP contribution in [0.25, 0.3) is 0 Å². The van der Waals surface area contributed by atoms with Gasteiger partial charge in [0.15, 0.2) is 0 Å². The molecule has 0 spiro atoms. The van der Waals surface area contributed by atoms with Crippen LogP contribution >= 0.6 is 11.6 Å². The van der Waals surface area contributed by atoms with Gasteiger partial charge in [0.2, 0.25) is 0 Å². The molecule has 0 heterocycles. The molecule has 29 heavy (non-hydrogen) atoms. The lowest BCUT2D eigenvalue weighted by Gasteiger charge is -2.09. The molecule has 2 amide bonds. The molecule has 0 saturated heterocycles. The van der Waals surface area contributed by atoms with Gasteiger partial charge in [0.1, 0.15) is 0 Å². The number of amides is 2. The first-order valence-electron chi connectivity index (χ1n) is 8.05. The summed E-state index contributed by atoms with van der Waals surface area (Å²) >= 11 is 6.08. The van der Waals surface area contributed by atoms with Gasteiger partial charge in [-0.1, -0.05) is 11.6 Å². The van der Waals surface area contributed by atoms with E-state index in [1.54, 1.807) is 0 Å². The van der Waals surface area contributed by atoms with E-state index in [1.165, 1.54) is 25.3 Å². The Morgan fingerprint density at radius 3 is 2.17 bits per heavy atom. The van der Waals surface area contributed by atoms with Gasteiger partial charge in [0.05, 0.1) is 38.7 Å². The normalized spacial score (nSPS) is 10.3. The van der Waals surface area contributed by atoms with Crippen LogP contribution in [0.1, 0.15) is 20.7 Å². The summed E-state index contributed by atoms with van der Waals surface area (Å²) in [7, 11) is 1.49. The second-order valence-electron chi connectivity index (χ2n) is 5.65. The third-order valence-corrected chi connectivity index (χ3v) is 3.96. The monoisotopic (exact) mass is 422 g/mol. The van der Waals surface area contributed by atoms with Gasteiger partial charge >= 0.3 is 0 Å². The summed E-state index contributed by atoms with van der Waals surface area (Å²) in [5, 5.41) is 27.0. The van der Waals surface area contributed by atoms with Crippen LogP contribution in [-0.4, -0.2) is 41.9 Å². The number of benzene rings is 2. The summed E-state index contributed by atoms with van der Waals surface area (Å²) in [6, 6.07) is 6.70. The molecule has 0 saturated carbocycles. The average molecular weight is 423 g/mol. The van der Waals surface area contributed by atoms with E-state index in [0.29, 0.717) is 6.61 Å². The van der Waals surface area contributed by atoms with E-state index in [1.807, 2.05) is 0 Å². The number of carbonyl (C=O) groups excluding carboxylic acids is 2. The number of carbonyl (C=O) groups is 2. The van der Waals surface area contributed by atoms with Crippen molar-refractivity contribution >= 4 is 40.5 Å². The summed E-state index contributed by atoms with van der Waals surface area (Å²) in [5.74, 6) is -1.25. The van der Waals surface area contributed by atoms with Gasteiger partial charge in [-0.3, -0.25) is 29.8 Å².